The standard InChI is InChI=1S/C14H17N5OS/c1-11(12-10-18-8-9-21-14(18)17-12)16-13(20)4-2-6-19-7-3-5-15-19/h3,5,7-11H,2,4,6H2,1H3,(H,16,20)/t11-/m0/s1. The van der Waals surface area contributed by atoms with Gasteiger partial charge in [-0.15, -0.1) is 11.3 Å². The van der Waals surface area contributed by atoms with E-state index >= 15 is 0 Å². The summed E-state index contributed by atoms with van der Waals surface area (Å²) < 4.78 is 3.81. The van der Waals surface area contributed by atoms with Crippen molar-refractivity contribution >= 4 is 22.2 Å². The molecule has 0 radical (unpaired) electrons. The normalized spacial score (nSPS) is 12.6. The number of hydrogen-bond donors (Lipinski definition) is 1. The molecule has 1 amide bonds. The first-order valence-electron chi connectivity index (χ1n) is 6.91. The van der Waals surface area contributed by atoms with Crippen LogP contribution in [0.5, 0.6) is 0 Å². The molecule has 6 nitrogen and oxygen atoms in total. The van der Waals surface area contributed by atoms with Crippen molar-refractivity contribution in [3.8, 4) is 0 Å². The first-order valence-corrected chi connectivity index (χ1v) is 7.79. The number of rotatable bonds is 6. The summed E-state index contributed by atoms with van der Waals surface area (Å²) in [6.45, 7) is 2.72. The van der Waals surface area contributed by atoms with E-state index in [2.05, 4.69) is 15.4 Å². The molecule has 0 unspecified atom stereocenters. The number of carbonyl (C=O) groups excluding carboxylic acids is 1. The molecule has 3 rings (SSSR count). The highest BCUT2D eigenvalue weighted by molar-refractivity contribution is 7.15. The molecule has 110 valence electrons. The Balaban J connectivity index is 1.48. The Morgan fingerprint density at radius 3 is 3.14 bits per heavy atom. The second kappa shape index (κ2) is 6.09. The monoisotopic (exact) mass is 303 g/mol. The maximum absolute atomic E-state index is 11.9. The zero-order chi connectivity index (χ0) is 14.7. The predicted molar refractivity (Wildman–Crippen MR) is 81.1 cm³/mol. The van der Waals surface area contributed by atoms with Gasteiger partial charge in [-0.3, -0.25) is 13.9 Å². The number of carbonyl (C=O) groups is 1. The molecule has 0 aliphatic rings. The average molecular weight is 303 g/mol. The van der Waals surface area contributed by atoms with Crippen molar-refractivity contribution in [2.24, 2.45) is 0 Å². The minimum Gasteiger partial charge on any atom is -0.348 e. The highest BCUT2D eigenvalue weighted by Gasteiger charge is 2.13. The Labute approximate surface area is 126 Å². The van der Waals surface area contributed by atoms with E-state index in [4.69, 9.17) is 0 Å². The van der Waals surface area contributed by atoms with Crippen molar-refractivity contribution < 1.29 is 4.79 Å². The van der Waals surface area contributed by atoms with E-state index in [-0.39, 0.29) is 11.9 Å². The van der Waals surface area contributed by atoms with E-state index in [9.17, 15) is 4.79 Å². The lowest BCUT2D eigenvalue weighted by atomic mass is 10.2. The van der Waals surface area contributed by atoms with Crippen LogP contribution in [0.1, 0.15) is 31.5 Å². The number of thiazole rings is 1. The smallest absolute Gasteiger partial charge is 0.220 e. The van der Waals surface area contributed by atoms with Crippen molar-refractivity contribution in [3.05, 3.63) is 41.9 Å². The van der Waals surface area contributed by atoms with Crippen LogP contribution in [0, 0.1) is 0 Å². The fraction of sp³-hybridized carbons (Fsp3) is 0.357. The molecule has 0 fully saturated rings. The summed E-state index contributed by atoms with van der Waals surface area (Å²) in [6.07, 6.45) is 8.84. The van der Waals surface area contributed by atoms with Crippen LogP contribution >= 0.6 is 11.3 Å². The highest BCUT2D eigenvalue weighted by Crippen LogP contribution is 2.16. The van der Waals surface area contributed by atoms with Gasteiger partial charge in [-0.1, -0.05) is 0 Å². The highest BCUT2D eigenvalue weighted by atomic mass is 32.1. The number of aromatic nitrogens is 4. The number of aryl methyl sites for hydroxylation is 1. The molecule has 0 saturated carbocycles. The fourth-order valence-electron chi connectivity index (χ4n) is 2.18. The van der Waals surface area contributed by atoms with Crippen LogP contribution in [0.15, 0.2) is 36.2 Å². The molecule has 1 N–H and O–H groups in total. The van der Waals surface area contributed by atoms with Gasteiger partial charge >= 0.3 is 0 Å². The molecule has 0 spiro atoms. The van der Waals surface area contributed by atoms with Gasteiger partial charge in [0, 0.05) is 43.1 Å². The molecule has 0 bridgehead atoms. The summed E-state index contributed by atoms with van der Waals surface area (Å²) >= 11 is 1.59. The quantitative estimate of drug-likeness (QED) is 0.759. The van der Waals surface area contributed by atoms with Crippen LogP contribution in [0.3, 0.4) is 0 Å². The second-order valence-corrected chi connectivity index (χ2v) is 5.79. The van der Waals surface area contributed by atoms with Crippen LogP contribution in [0.4, 0.5) is 0 Å². The summed E-state index contributed by atoms with van der Waals surface area (Å²) in [7, 11) is 0. The van der Waals surface area contributed by atoms with Crippen LogP contribution in [-0.4, -0.2) is 25.1 Å². The van der Waals surface area contributed by atoms with Gasteiger partial charge in [0.05, 0.1) is 11.7 Å². The van der Waals surface area contributed by atoms with E-state index in [1.54, 1.807) is 17.5 Å². The third kappa shape index (κ3) is 3.30. The van der Waals surface area contributed by atoms with Gasteiger partial charge in [-0.2, -0.15) is 5.10 Å². The van der Waals surface area contributed by atoms with Gasteiger partial charge in [0.2, 0.25) is 5.91 Å². The van der Waals surface area contributed by atoms with Crippen molar-refractivity contribution in [2.45, 2.75) is 32.4 Å². The number of fused-ring (bicyclic) bond motifs is 1. The SMILES string of the molecule is C[C@H](NC(=O)CCCn1cccn1)c1cn2ccsc2n1. The molecule has 0 aliphatic heterocycles. The first kappa shape index (κ1) is 13.8. The van der Waals surface area contributed by atoms with Crippen LogP contribution in [-0.2, 0) is 11.3 Å². The number of imidazole rings is 1. The van der Waals surface area contributed by atoms with E-state index in [1.165, 1.54) is 0 Å². The Hall–Kier alpha value is -2.15. The Bertz CT molecular complexity index is 686. The number of hydrogen-bond acceptors (Lipinski definition) is 4. The Morgan fingerprint density at radius 1 is 1.48 bits per heavy atom. The molecular weight excluding hydrogens is 286 g/mol. The lowest BCUT2D eigenvalue weighted by Crippen LogP contribution is -2.26. The van der Waals surface area contributed by atoms with Crippen molar-refractivity contribution in [1.29, 1.82) is 0 Å². The largest absolute Gasteiger partial charge is 0.348 e. The van der Waals surface area contributed by atoms with Crippen LogP contribution in [0.25, 0.3) is 4.96 Å². The third-order valence-corrected chi connectivity index (χ3v) is 4.05. The van der Waals surface area contributed by atoms with Gasteiger partial charge in [-0.25, -0.2) is 4.98 Å². The van der Waals surface area contributed by atoms with E-state index < -0.39 is 0 Å². The first-order chi connectivity index (χ1) is 10.2. The molecule has 3 aromatic rings. The number of nitrogens with zero attached hydrogens (tertiary/aromatic N) is 4. The summed E-state index contributed by atoms with van der Waals surface area (Å²) in [6, 6.07) is 1.81. The van der Waals surface area contributed by atoms with Gasteiger partial charge in [-0.05, 0) is 19.4 Å². The second-order valence-electron chi connectivity index (χ2n) is 4.92. The zero-order valence-electron chi connectivity index (χ0n) is 11.8. The summed E-state index contributed by atoms with van der Waals surface area (Å²) in [4.78, 5) is 17.4. The van der Waals surface area contributed by atoms with Crippen molar-refractivity contribution in [3.63, 3.8) is 0 Å². The van der Waals surface area contributed by atoms with Gasteiger partial charge in [0.25, 0.3) is 0 Å². The maximum Gasteiger partial charge on any atom is 0.220 e. The third-order valence-electron chi connectivity index (χ3n) is 3.28. The minimum atomic E-state index is -0.0747. The minimum absolute atomic E-state index is 0.0472. The van der Waals surface area contributed by atoms with E-state index in [0.29, 0.717) is 6.42 Å². The maximum atomic E-state index is 11.9. The molecule has 1 atom stereocenters. The van der Waals surface area contributed by atoms with Crippen LogP contribution < -0.4 is 5.32 Å². The average Bonchev–Trinajstić information content (AvgIpc) is 3.14. The summed E-state index contributed by atoms with van der Waals surface area (Å²) in [5.41, 5.74) is 0.891. The fourth-order valence-corrected chi connectivity index (χ4v) is 2.88. The molecule has 7 heteroatoms. The number of amides is 1. The lowest BCUT2D eigenvalue weighted by Gasteiger charge is -2.11. The topological polar surface area (TPSA) is 64.2 Å². The van der Waals surface area contributed by atoms with Gasteiger partial charge in [0.15, 0.2) is 4.96 Å². The molecular formula is C14H17N5OS. The van der Waals surface area contributed by atoms with E-state index in [0.717, 1.165) is 23.6 Å². The van der Waals surface area contributed by atoms with E-state index in [1.807, 2.05) is 46.0 Å². The molecule has 0 aromatic carbocycles. The lowest BCUT2D eigenvalue weighted by molar-refractivity contribution is -0.121. The molecule has 3 aromatic heterocycles. The molecule has 3 heterocycles. The Kier molecular flexibility index (Phi) is 4.01. The molecule has 0 saturated heterocycles. The van der Waals surface area contributed by atoms with Crippen molar-refractivity contribution in [1.82, 2.24) is 24.5 Å². The van der Waals surface area contributed by atoms with Crippen molar-refractivity contribution in [2.75, 3.05) is 0 Å². The van der Waals surface area contributed by atoms with Gasteiger partial charge < -0.3 is 5.32 Å². The zero-order valence-corrected chi connectivity index (χ0v) is 12.6. The number of nitrogens with one attached hydrogen (secondary N) is 1. The molecule has 21 heavy (non-hydrogen) atoms. The van der Waals surface area contributed by atoms with Crippen LogP contribution in [0.2, 0.25) is 0 Å². The Morgan fingerprint density at radius 2 is 2.38 bits per heavy atom. The van der Waals surface area contributed by atoms with Gasteiger partial charge in [0.1, 0.15) is 0 Å². The predicted octanol–water partition coefficient (Wildman–Crippen LogP) is 2.25. The molecule has 0 aliphatic carbocycles. The summed E-state index contributed by atoms with van der Waals surface area (Å²) in [5, 5.41) is 9.09. The summed E-state index contributed by atoms with van der Waals surface area (Å²) in [5.74, 6) is 0.0472.